The summed E-state index contributed by atoms with van der Waals surface area (Å²) in [6.07, 6.45) is 1.45. The predicted octanol–water partition coefficient (Wildman–Crippen LogP) is 4.33. The molecule has 0 atom stereocenters. The summed E-state index contributed by atoms with van der Waals surface area (Å²) in [5, 5.41) is 12.6. The number of carbonyl (C=O) groups excluding carboxylic acids is 1. The van der Waals surface area contributed by atoms with E-state index in [1.807, 2.05) is 43.3 Å². The second kappa shape index (κ2) is 10.7. The summed E-state index contributed by atoms with van der Waals surface area (Å²) in [5.41, 5.74) is 10.8. The van der Waals surface area contributed by atoms with Crippen molar-refractivity contribution in [2.75, 3.05) is 37.2 Å². The highest BCUT2D eigenvalue weighted by Gasteiger charge is 2.29. The van der Waals surface area contributed by atoms with E-state index in [1.165, 1.54) is 17.3 Å². The lowest BCUT2D eigenvalue weighted by molar-refractivity contribution is -0.128. The summed E-state index contributed by atoms with van der Waals surface area (Å²) >= 11 is 0. The third-order valence-electron chi connectivity index (χ3n) is 6.13. The van der Waals surface area contributed by atoms with Crippen LogP contribution >= 0.6 is 0 Å². The van der Waals surface area contributed by atoms with E-state index in [1.54, 1.807) is 4.90 Å². The van der Waals surface area contributed by atoms with Gasteiger partial charge < -0.3 is 16.0 Å². The number of nitriles is 1. The number of rotatable bonds is 6. The Morgan fingerprint density at radius 2 is 1.56 bits per heavy atom. The van der Waals surface area contributed by atoms with Crippen LogP contribution in [-0.4, -0.2) is 41.9 Å². The summed E-state index contributed by atoms with van der Waals surface area (Å²) in [7, 11) is 0. The van der Waals surface area contributed by atoms with E-state index in [-0.39, 0.29) is 17.5 Å². The van der Waals surface area contributed by atoms with Gasteiger partial charge in [0.15, 0.2) is 0 Å². The minimum atomic E-state index is -0.267. The van der Waals surface area contributed by atoms with Crippen molar-refractivity contribution in [1.82, 2.24) is 9.80 Å². The Kier molecular flexibility index (Phi) is 7.26. The number of anilines is 2. The fraction of sp³-hybridized carbons (Fsp3) is 0.214. The van der Waals surface area contributed by atoms with Gasteiger partial charge in [0.1, 0.15) is 11.6 Å². The SMILES string of the molecule is Cc1ccc(N/C=C(/C#N)C(=O)N2CCN(C(c3ccccc3)c3ccccc3)CC2)c(N)c1. The molecule has 0 unspecified atom stereocenters. The number of aryl methyl sites for hydroxylation is 1. The van der Waals surface area contributed by atoms with Gasteiger partial charge in [-0.1, -0.05) is 66.7 Å². The van der Waals surface area contributed by atoms with E-state index in [9.17, 15) is 10.1 Å². The number of piperazine rings is 1. The zero-order valence-electron chi connectivity index (χ0n) is 19.3. The third kappa shape index (κ3) is 5.28. The molecule has 1 fully saturated rings. The zero-order chi connectivity index (χ0) is 23.9. The van der Waals surface area contributed by atoms with Crippen molar-refractivity contribution < 1.29 is 4.79 Å². The Hall–Kier alpha value is -4.08. The van der Waals surface area contributed by atoms with Crippen molar-refractivity contribution in [3.8, 4) is 6.07 Å². The molecule has 0 spiro atoms. The van der Waals surface area contributed by atoms with Gasteiger partial charge in [-0.05, 0) is 35.7 Å². The van der Waals surface area contributed by atoms with Crippen molar-refractivity contribution in [2.24, 2.45) is 0 Å². The molecule has 0 saturated carbocycles. The fourth-order valence-corrected chi connectivity index (χ4v) is 4.34. The molecule has 6 heteroatoms. The van der Waals surface area contributed by atoms with Crippen LogP contribution in [0.4, 0.5) is 11.4 Å². The van der Waals surface area contributed by atoms with Gasteiger partial charge in [0.25, 0.3) is 5.91 Å². The number of nitrogens with two attached hydrogens (primary N) is 1. The lowest BCUT2D eigenvalue weighted by atomic mass is 9.96. The molecule has 0 aliphatic carbocycles. The van der Waals surface area contributed by atoms with Crippen LogP contribution in [0.1, 0.15) is 22.7 Å². The van der Waals surface area contributed by atoms with E-state index in [2.05, 4.69) is 58.7 Å². The highest BCUT2D eigenvalue weighted by Crippen LogP contribution is 2.29. The van der Waals surface area contributed by atoms with Crippen LogP contribution in [0.15, 0.2) is 90.6 Å². The smallest absolute Gasteiger partial charge is 0.266 e. The largest absolute Gasteiger partial charge is 0.397 e. The fourth-order valence-electron chi connectivity index (χ4n) is 4.34. The van der Waals surface area contributed by atoms with Gasteiger partial charge in [0, 0.05) is 32.4 Å². The number of benzene rings is 3. The second-order valence-electron chi connectivity index (χ2n) is 8.46. The highest BCUT2D eigenvalue weighted by molar-refractivity contribution is 5.97. The Balaban J connectivity index is 1.45. The predicted molar refractivity (Wildman–Crippen MR) is 136 cm³/mol. The molecule has 1 amide bonds. The van der Waals surface area contributed by atoms with Gasteiger partial charge in [-0.25, -0.2) is 0 Å². The topological polar surface area (TPSA) is 85.4 Å². The van der Waals surface area contributed by atoms with Crippen molar-refractivity contribution in [1.29, 1.82) is 5.26 Å². The number of carbonyl (C=O) groups is 1. The van der Waals surface area contributed by atoms with Gasteiger partial charge in [-0.3, -0.25) is 9.69 Å². The Bertz CT molecular complexity index is 1150. The number of nitrogens with zero attached hydrogens (tertiary/aromatic N) is 3. The molecule has 1 heterocycles. The molecule has 1 saturated heterocycles. The average Bonchev–Trinajstić information content (AvgIpc) is 2.87. The minimum absolute atomic E-state index is 0.0658. The third-order valence-corrected chi connectivity index (χ3v) is 6.13. The van der Waals surface area contributed by atoms with E-state index in [0.29, 0.717) is 24.5 Å². The molecule has 3 aromatic rings. The van der Waals surface area contributed by atoms with Gasteiger partial charge in [0.05, 0.1) is 17.4 Å². The van der Waals surface area contributed by atoms with Gasteiger partial charge in [-0.15, -0.1) is 0 Å². The van der Waals surface area contributed by atoms with E-state index in [0.717, 1.165) is 18.7 Å². The number of nitrogen functional groups attached to an aromatic ring is 1. The van der Waals surface area contributed by atoms with Crippen LogP contribution in [-0.2, 0) is 4.79 Å². The summed E-state index contributed by atoms with van der Waals surface area (Å²) in [6.45, 7) is 4.51. The molecular weight excluding hydrogens is 422 g/mol. The van der Waals surface area contributed by atoms with E-state index < -0.39 is 0 Å². The standard InChI is InChI=1S/C28H29N5O/c1-21-12-13-26(25(30)18-21)31-20-24(19-29)28(34)33-16-14-32(15-17-33)27(22-8-4-2-5-9-22)23-10-6-3-7-11-23/h2-13,18,20,27,31H,14-17,30H2,1H3/b24-20-. The van der Waals surface area contributed by atoms with Crippen LogP contribution < -0.4 is 11.1 Å². The minimum Gasteiger partial charge on any atom is -0.397 e. The number of hydrogen-bond donors (Lipinski definition) is 2. The van der Waals surface area contributed by atoms with Crippen molar-refractivity contribution in [3.63, 3.8) is 0 Å². The zero-order valence-corrected chi connectivity index (χ0v) is 19.3. The van der Waals surface area contributed by atoms with Crippen LogP contribution in [0.2, 0.25) is 0 Å². The molecule has 34 heavy (non-hydrogen) atoms. The maximum atomic E-state index is 13.1. The van der Waals surface area contributed by atoms with Crippen LogP contribution in [0.25, 0.3) is 0 Å². The molecule has 0 bridgehead atoms. The van der Waals surface area contributed by atoms with E-state index in [4.69, 9.17) is 5.73 Å². The van der Waals surface area contributed by atoms with Gasteiger partial charge in [-0.2, -0.15) is 5.26 Å². The molecule has 3 N–H and O–H groups in total. The second-order valence-corrected chi connectivity index (χ2v) is 8.46. The normalized spacial score (nSPS) is 14.6. The number of nitrogens with one attached hydrogen (secondary N) is 1. The monoisotopic (exact) mass is 451 g/mol. The maximum absolute atomic E-state index is 13.1. The molecule has 4 rings (SSSR count). The van der Waals surface area contributed by atoms with Gasteiger partial charge >= 0.3 is 0 Å². The Morgan fingerprint density at radius 3 is 2.09 bits per heavy atom. The lowest BCUT2D eigenvalue weighted by Crippen LogP contribution is -2.50. The lowest BCUT2D eigenvalue weighted by Gasteiger charge is -2.39. The molecule has 1 aliphatic heterocycles. The first-order valence-electron chi connectivity index (χ1n) is 11.4. The van der Waals surface area contributed by atoms with Crippen LogP contribution in [0.5, 0.6) is 0 Å². The van der Waals surface area contributed by atoms with E-state index >= 15 is 0 Å². The Morgan fingerprint density at radius 1 is 0.971 bits per heavy atom. The first-order valence-corrected chi connectivity index (χ1v) is 11.4. The first-order chi connectivity index (χ1) is 16.6. The highest BCUT2D eigenvalue weighted by atomic mass is 16.2. The molecule has 3 aromatic carbocycles. The van der Waals surface area contributed by atoms with Crippen molar-refractivity contribution in [3.05, 3.63) is 107 Å². The average molecular weight is 452 g/mol. The molecule has 0 aromatic heterocycles. The molecule has 1 aliphatic rings. The van der Waals surface area contributed by atoms with Crippen molar-refractivity contribution in [2.45, 2.75) is 13.0 Å². The summed E-state index contributed by atoms with van der Waals surface area (Å²) in [4.78, 5) is 17.2. The molecular formula is C28H29N5O. The summed E-state index contributed by atoms with van der Waals surface area (Å²) in [5.74, 6) is -0.267. The van der Waals surface area contributed by atoms with Gasteiger partial charge in [0.2, 0.25) is 0 Å². The maximum Gasteiger partial charge on any atom is 0.266 e. The quantitative estimate of drug-likeness (QED) is 0.331. The van der Waals surface area contributed by atoms with Crippen LogP contribution in [0.3, 0.4) is 0 Å². The van der Waals surface area contributed by atoms with Crippen LogP contribution in [0, 0.1) is 18.3 Å². The molecule has 172 valence electrons. The number of amides is 1. The summed E-state index contributed by atoms with van der Waals surface area (Å²) < 4.78 is 0. The summed E-state index contributed by atoms with van der Waals surface area (Å²) in [6, 6.07) is 28.6. The van der Waals surface area contributed by atoms with Crippen molar-refractivity contribution >= 4 is 17.3 Å². The number of hydrogen-bond acceptors (Lipinski definition) is 5. The first kappa shape index (κ1) is 23.1. The molecule has 6 nitrogen and oxygen atoms in total. The Labute approximate surface area is 200 Å². The molecule has 0 radical (unpaired) electrons.